The molecule has 1 fully saturated rings. The summed E-state index contributed by atoms with van der Waals surface area (Å²) in [5, 5.41) is 0. The summed E-state index contributed by atoms with van der Waals surface area (Å²) >= 11 is 0. The summed E-state index contributed by atoms with van der Waals surface area (Å²) in [4.78, 5) is 26.2. The predicted octanol–water partition coefficient (Wildman–Crippen LogP) is 2.47. The lowest BCUT2D eigenvalue weighted by molar-refractivity contribution is -0.149. The van der Waals surface area contributed by atoms with Gasteiger partial charge in [0, 0.05) is 12.6 Å². The van der Waals surface area contributed by atoms with E-state index in [0.717, 1.165) is 11.1 Å². The molecule has 1 amide bonds. The molecule has 6 heteroatoms. The predicted molar refractivity (Wildman–Crippen MR) is 96.0 cm³/mol. The Morgan fingerprint density at radius 1 is 0.923 bits per heavy atom. The zero-order valence-electron chi connectivity index (χ0n) is 14.4. The zero-order chi connectivity index (χ0) is 18.4. The van der Waals surface area contributed by atoms with Crippen molar-refractivity contribution < 1.29 is 19.1 Å². The van der Waals surface area contributed by atoms with Crippen LogP contribution >= 0.6 is 0 Å². The average molecular weight is 354 g/mol. The molecule has 136 valence electrons. The minimum absolute atomic E-state index is 0.150. The SMILES string of the molecule is N[C@H]1C[C@H](C(=O)OCc2ccccc2)N(C(=O)OCc2ccccc2)C1. The van der Waals surface area contributed by atoms with Crippen molar-refractivity contribution in [3.63, 3.8) is 0 Å². The van der Waals surface area contributed by atoms with Crippen LogP contribution in [0.5, 0.6) is 0 Å². The number of carbonyl (C=O) groups is 2. The fourth-order valence-electron chi connectivity index (χ4n) is 2.92. The summed E-state index contributed by atoms with van der Waals surface area (Å²) < 4.78 is 10.7. The number of benzene rings is 2. The molecule has 1 aliphatic heterocycles. The maximum Gasteiger partial charge on any atom is 0.410 e. The van der Waals surface area contributed by atoms with E-state index in [1.807, 2.05) is 60.7 Å². The summed E-state index contributed by atoms with van der Waals surface area (Å²) in [6.07, 6.45) is -0.183. The number of hydrogen-bond donors (Lipinski definition) is 1. The lowest BCUT2D eigenvalue weighted by atomic mass is 10.2. The lowest BCUT2D eigenvalue weighted by Gasteiger charge is -2.22. The van der Waals surface area contributed by atoms with Gasteiger partial charge in [-0.1, -0.05) is 60.7 Å². The van der Waals surface area contributed by atoms with Crippen molar-refractivity contribution >= 4 is 12.1 Å². The molecule has 2 N–H and O–H groups in total. The molecule has 0 aliphatic carbocycles. The van der Waals surface area contributed by atoms with Crippen LogP contribution in [0, 0.1) is 0 Å². The summed E-state index contributed by atoms with van der Waals surface area (Å²) in [5.74, 6) is -0.460. The second-order valence-electron chi connectivity index (χ2n) is 6.30. The van der Waals surface area contributed by atoms with Crippen molar-refractivity contribution in [3.8, 4) is 0 Å². The number of amides is 1. The molecule has 1 saturated heterocycles. The highest BCUT2D eigenvalue weighted by Crippen LogP contribution is 2.20. The van der Waals surface area contributed by atoms with Crippen molar-refractivity contribution in [2.24, 2.45) is 5.73 Å². The van der Waals surface area contributed by atoms with E-state index in [1.54, 1.807) is 0 Å². The van der Waals surface area contributed by atoms with Gasteiger partial charge in [-0.15, -0.1) is 0 Å². The number of ether oxygens (including phenoxy) is 2. The third-order valence-electron chi connectivity index (χ3n) is 4.27. The fourth-order valence-corrected chi connectivity index (χ4v) is 2.92. The normalized spacial score (nSPS) is 19.2. The first-order chi connectivity index (χ1) is 12.6. The molecule has 0 bridgehead atoms. The van der Waals surface area contributed by atoms with Crippen LogP contribution in [0.3, 0.4) is 0 Å². The van der Waals surface area contributed by atoms with Gasteiger partial charge in [-0.3, -0.25) is 4.90 Å². The highest BCUT2D eigenvalue weighted by Gasteiger charge is 2.40. The highest BCUT2D eigenvalue weighted by molar-refractivity contribution is 5.82. The standard InChI is InChI=1S/C20H22N2O4/c21-17-11-18(19(23)25-13-15-7-3-1-4-8-15)22(12-17)20(24)26-14-16-9-5-2-6-10-16/h1-10,17-18H,11-14,21H2/t17-,18+/m0/s1. The van der Waals surface area contributed by atoms with Crippen LogP contribution < -0.4 is 5.73 Å². The molecule has 1 aliphatic rings. The van der Waals surface area contributed by atoms with Gasteiger partial charge in [-0.05, 0) is 17.5 Å². The van der Waals surface area contributed by atoms with Crippen molar-refractivity contribution in [1.29, 1.82) is 0 Å². The fraction of sp³-hybridized carbons (Fsp3) is 0.300. The first-order valence-electron chi connectivity index (χ1n) is 8.57. The zero-order valence-corrected chi connectivity index (χ0v) is 14.4. The number of nitrogens with zero attached hydrogens (tertiary/aromatic N) is 1. The van der Waals surface area contributed by atoms with Gasteiger partial charge in [0.1, 0.15) is 19.3 Å². The van der Waals surface area contributed by atoms with E-state index in [4.69, 9.17) is 15.2 Å². The Morgan fingerprint density at radius 2 is 1.46 bits per heavy atom. The number of likely N-dealkylation sites (tertiary alicyclic amines) is 1. The van der Waals surface area contributed by atoms with Gasteiger partial charge in [0.15, 0.2) is 0 Å². The van der Waals surface area contributed by atoms with Gasteiger partial charge in [0.25, 0.3) is 0 Å². The molecular formula is C20H22N2O4. The molecule has 26 heavy (non-hydrogen) atoms. The van der Waals surface area contributed by atoms with Crippen LogP contribution in [0.4, 0.5) is 4.79 Å². The Labute approximate surface area is 152 Å². The van der Waals surface area contributed by atoms with Gasteiger partial charge < -0.3 is 15.2 Å². The van der Waals surface area contributed by atoms with E-state index in [1.165, 1.54) is 4.90 Å². The highest BCUT2D eigenvalue weighted by atomic mass is 16.6. The molecule has 2 atom stereocenters. The van der Waals surface area contributed by atoms with Crippen molar-refractivity contribution in [3.05, 3.63) is 71.8 Å². The Morgan fingerprint density at radius 3 is 2.04 bits per heavy atom. The van der Waals surface area contributed by atoms with Crippen LogP contribution in [-0.4, -0.2) is 35.6 Å². The Hall–Kier alpha value is -2.86. The van der Waals surface area contributed by atoms with Crippen LogP contribution in [0.1, 0.15) is 17.5 Å². The van der Waals surface area contributed by atoms with E-state index >= 15 is 0 Å². The van der Waals surface area contributed by atoms with Crippen molar-refractivity contribution in [2.75, 3.05) is 6.54 Å². The van der Waals surface area contributed by atoms with E-state index in [2.05, 4.69) is 0 Å². The van der Waals surface area contributed by atoms with E-state index in [-0.39, 0.29) is 25.8 Å². The Balaban J connectivity index is 1.56. The lowest BCUT2D eigenvalue weighted by Crippen LogP contribution is -2.41. The quantitative estimate of drug-likeness (QED) is 0.834. The average Bonchev–Trinajstić information content (AvgIpc) is 3.08. The van der Waals surface area contributed by atoms with Crippen molar-refractivity contribution in [1.82, 2.24) is 4.90 Å². The molecule has 0 saturated carbocycles. The van der Waals surface area contributed by atoms with Gasteiger partial charge in [0.2, 0.25) is 0 Å². The molecule has 0 radical (unpaired) electrons. The van der Waals surface area contributed by atoms with Gasteiger partial charge in [-0.25, -0.2) is 9.59 Å². The van der Waals surface area contributed by atoms with Crippen molar-refractivity contribution in [2.45, 2.75) is 31.7 Å². The summed E-state index contributed by atoms with van der Waals surface area (Å²) in [6.45, 7) is 0.592. The minimum atomic E-state index is -0.711. The Bertz CT molecular complexity index is 672. The maximum absolute atomic E-state index is 12.4. The van der Waals surface area contributed by atoms with Crippen LogP contribution in [0.25, 0.3) is 0 Å². The summed E-state index contributed by atoms with van der Waals surface area (Å²) in [5.41, 5.74) is 7.72. The summed E-state index contributed by atoms with van der Waals surface area (Å²) in [7, 11) is 0. The third kappa shape index (κ3) is 4.61. The van der Waals surface area contributed by atoms with Gasteiger partial charge in [-0.2, -0.15) is 0 Å². The second-order valence-corrected chi connectivity index (χ2v) is 6.30. The van der Waals surface area contributed by atoms with Crippen LogP contribution in [0.15, 0.2) is 60.7 Å². The van der Waals surface area contributed by atoms with Crippen LogP contribution in [0.2, 0.25) is 0 Å². The number of rotatable bonds is 5. The molecule has 0 unspecified atom stereocenters. The maximum atomic E-state index is 12.4. The first kappa shape index (κ1) is 17.9. The van der Waals surface area contributed by atoms with E-state index < -0.39 is 18.1 Å². The topological polar surface area (TPSA) is 81.9 Å². The number of carbonyl (C=O) groups excluding carboxylic acids is 2. The largest absolute Gasteiger partial charge is 0.459 e. The molecule has 3 rings (SSSR count). The molecule has 1 heterocycles. The number of esters is 1. The van der Waals surface area contributed by atoms with Crippen LogP contribution in [-0.2, 0) is 27.5 Å². The second kappa shape index (κ2) is 8.49. The molecule has 0 aromatic heterocycles. The molecule has 2 aromatic carbocycles. The Kier molecular flexibility index (Phi) is 5.86. The van der Waals surface area contributed by atoms with Gasteiger partial charge >= 0.3 is 12.1 Å². The minimum Gasteiger partial charge on any atom is -0.459 e. The monoisotopic (exact) mass is 354 g/mol. The number of hydrogen-bond acceptors (Lipinski definition) is 5. The molecule has 6 nitrogen and oxygen atoms in total. The third-order valence-corrected chi connectivity index (χ3v) is 4.27. The van der Waals surface area contributed by atoms with E-state index in [9.17, 15) is 9.59 Å². The molecule has 0 spiro atoms. The summed E-state index contributed by atoms with van der Waals surface area (Å²) in [6, 6.07) is 17.8. The molecule has 2 aromatic rings. The smallest absolute Gasteiger partial charge is 0.410 e. The van der Waals surface area contributed by atoms with Gasteiger partial charge in [0.05, 0.1) is 0 Å². The number of nitrogens with two attached hydrogens (primary N) is 1. The first-order valence-corrected chi connectivity index (χ1v) is 8.57. The van der Waals surface area contributed by atoms with E-state index in [0.29, 0.717) is 6.42 Å². The molecular weight excluding hydrogens is 332 g/mol.